The normalized spacial score (nSPS) is 19.6. The number of carbonyl (C=O) groups excluding carboxylic acids is 6. The van der Waals surface area contributed by atoms with Gasteiger partial charge in [0.25, 0.3) is 45.9 Å². The second-order valence-corrected chi connectivity index (χ2v) is 35.6. The van der Waals surface area contributed by atoms with Gasteiger partial charge in [-0.1, -0.05) is 12.8 Å². The van der Waals surface area contributed by atoms with Gasteiger partial charge in [0.1, 0.15) is 84.5 Å². The highest BCUT2D eigenvalue weighted by atomic mass is 32.2. The summed E-state index contributed by atoms with van der Waals surface area (Å²) < 4.78 is 90.4. The van der Waals surface area contributed by atoms with E-state index in [9.17, 15) is 130 Å². The summed E-state index contributed by atoms with van der Waals surface area (Å²) >= 11 is 1.33. The van der Waals surface area contributed by atoms with Crippen molar-refractivity contribution in [1.29, 1.82) is 21.0 Å². The van der Waals surface area contributed by atoms with Crippen LogP contribution in [-0.2, 0) is 47.7 Å². The molecule has 140 heavy (non-hydrogen) atoms. The van der Waals surface area contributed by atoms with E-state index in [0.29, 0.717) is 53.6 Å². The second kappa shape index (κ2) is 51.7. The number of ether oxygens (including phenoxy) is 3. The minimum absolute atomic E-state index is 0.000341. The molecule has 4 aromatic heterocycles. The van der Waals surface area contributed by atoms with Crippen LogP contribution in [0.3, 0.4) is 0 Å². The van der Waals surface area contributed by atoms with Gasteiger partial charge in [-0.05, 0) is 126 Å². The minimum Gasteiger partial charge on any atom is -0.395 e. The van der Waals surface area contributed by atoms with E-state index in [-0.39, 0.29) is 166 Å². The van der Waals surface area contributed by atoms with E-state index in [1.807, 2.05) is 0 Å². The van der Waals surface area contributed by atoms with E-state index in [0.717, 1.165) is 69.0 Å². The summed E-state index contributed by atoms with van der Waals surface area (Å²) in [6.45, 7) is 5.15. The van der Waals surface area contributed by atoms with Gasteiger partial charge >= 0.3 is 22.8 Å². The first-order valence-electron chi connectivity index (χ1n) is 43.7. The third-order valence-electron chi connectivity index (χ3n) is 22.5. The Hall–Kier alpha value is -13.8. The Morgan fingerprint density at radius 3 is 1.11 bits per heavy atom. The summed E-state index contributed by atoms with van der Waals surface area (Å²) in [7, 11) is -1.49. The van der Waals surface area contributed by atoms with Crippen molar-refractivity contribution in [3.05, 3.63) is 271 Å². The molecule has 6 amide bonds. The summed E-state index contributed by atoms with van der Waals surface area (Å²) in [5, 5.41) is 122. The quantitative estimate of drug-likeness (QED) is 0.0173. The number of aryl methyl sites for hydroxylation is 4. The fourth-order valence-electron chi connectivity index (χ4n) is 14.7. The van der Waals surface area contributed by atoms with Crippen LogP contribution >= 0.6 is 11.8 Å². The Labute approximate surface area is 798 Å². The second-order valence-electron chi connectivity index (χ2n) is 32.5. The summed E-state index contributed by atoms with van der Waals surface area (Å²) in [5.41, 5.74) is -0.374. The molecule has 1 unspecified atom stereocenters. The molecule has 0 saturated carbocycles. The van der Waals surface area contributed by atoms with Gasteiger partial charge in [0.05, 0.1) is 83.7 Å². The number of nitrogens with zero attached hydrogens (tertiary/aromatic N) is 12. The third-order valence-corrected chi connectivity index (χ3v) is 25.3. The van der Waals surface area contributed by atoms with Crippen LogP contribution in [0.4, 0.5) is 17.6 Å². The molecule has 0 radical (unpaired) electrons. The Bertz CT molecular complexity index is 6640. The molecule has 4 aromatic carbocycles. The van der Waals surface area contributed by atoms with Gasteiger partial charge in [-0.25, -0.2) is 36.7 Å². The molecule has 8 aromatic rings. The van der Waals surface area contributed by atoms with Gasteiger partial charge in [0, 0.05) is 169 Å². The first kappa shape index (κ1) is 110. The molecule has 50 heteroatoms. The Kier molecular flexibility index (Phi) is 40.6. The number of aliphatic hydroxyl groups excluding tert-OH is 8. The molecule has 0 spiro atoms. The molecule has 0 aliphatic carbocycles. The molecule has 4 aliphatic heterocycles. The highest BCUT2D eigenvalue weighted by Crippen LogP contribution is 2.41. The van der Waals surface area contributed by atoms with Crippen molar-refractivity contribution in [1.82, 2.24) is 58.0 Å². The van der Waals surface area contributed by atoms with Crippen molar-refractivity contribution in [2.45, 2.75) is 190 Å². The van der Waals surface area contributed by atoms with Crippen LogP contribution in [-0.4, -0.2) is 229 Å². The number of amides is 6. The zero-order valence-electron chi connectivity index (χ0n) is 75.8. The molecule has 4 aliphatic rings. The molecule has 0 bridgehead atoms. The van der Waals surface area contributed by atoms with Crippen molar-refractivity contribution in [3.8, 4) is 24.3 Å². The number of halogens is 4. The number of benzene rings is 4. The van der Waals surface area contributed by atoms with Gasteiger partial charge in [-0.3, -0.25) is 90.4 Å². The molecule has 12 rings (SSSR count). The largest absolute Gasteiger partial charge is 0.395 e. The van der Waals surface area contributed by atoms with E-state index in [2.05, 4.69) is 32.1 Å². The molecule has 44 nitrogen and oxygen atoms in total. The Morgan fingerprint density at radius 1 is 0.407 bits per heavy atom. The standard InChI is InChI=1S/C24H29FN4O5S.C23H26FN5O7.C22H25FN4O7S.C21H22FN5O7/c1-15-13-29(21-11-19(31)20(14-30)35-21)24(34)28(23(15)33)9-5-3-2-4-8-27-22(32)16-6-7-18(25)17(10-16)12-26;1-13-11-28(20-9-17(31)18(12-30)36-20)23(35)29(22(13)34)27-19(32)4-2-3-7-26-21(33)14-5-6-16(24)15(8-14)10-25;1-13-11-27(19-9-17(29)18(12-28)34-19)22(32)26(21(13)31)5-7-35(33)6-4-25-20(30)14-2-3-16(23)15(8-14)10-24;1-11-9-26(18-7-15(29)16(10-28)34-18)21(33)27(20(11)32)25-17(30)4-5-24-19(31)12-2-3-14(22)13(6-12)8-23/h6-7,10,13,19-21,30-31H,2-5,8-9,11,14H2,1H3,(H,27,32);5-6,8,11,17-18,20,30-31H,2-4,7,9,12H2,1H3,(H,26,33)(H,27,32);2-3,8,11,17-19,28-29H,4-7,9,12H2,1H3,(H,25,30);2-3,6,9,15-16,18,28-29H,4-5,7,10H2,1H3,(H,24,31)(H,25,30)/t19-,20+,21+;17-,18+,20+;17-,18+,19+,35?;15-,16+,18+/m0000/s1. The van der Waals surface area contributed by atoms with E-state index in [1.54, 1.807) is 31.2 Å². The maximum atomic E-state index is 13.4. The van der Waals surface area contributed by atoms with Crippen molar-refractivity contribution >= 4 is 58.0 Å². The number of rotatable bonds is 35. The average Bonchev–Trinajstić information content (AvgIpc) is 1.61. The first-order chi connectivity index (χ1) is 66.7. The van der Waals surface area contributed by atoms with Crippen LogP contribution in [0.25, 0.3) is 0 Å². The van der Waals surface area contributed by atoms with E-state index >= 15 is 0 Å². The summed E-state index contributed by atoms with van der Waals surface area (Å²) in [6, 6.07) is 20.3. The number of aromatic nitrogens is 8. The maximum absolute atomic E-state index is 13.4. The number of nitriles is 4. The van der Waals surface area contributed by atoms with Crippen molar-refractivity contribution in [2.75, 3.05) is 75.0 Å². The van der Waals surface area contributed by atoms with Crippen molar-refractivity contribution in [2.24, 2.45) is 0 Å². The summed E-state index contributed by atoms with van der Waals surface area (Å²) in [4.78, 5) is 175. The molecular weight excluding hydrogens is 1890 g/mol. The number of hydrogen-bond donors (Lipinski definition) is 14. The molecule has 4 saturated heterocycles. The molecule has 14 N–H and O–H groups in total. The number of hydrogen-bond acceptors (Lipinski definition) is 31. The fourth-order valence-corrected chi connectivity index (χ4v) is 17.0. The van der Waals surface area contributed by atoms with E-state index in [1.165, 1.54) is 101 Å². The van der Waals surface area contributed by atoms with Crippen LogP contribution in [0, 0.1) is 96.3 Å². The number of nitrogens with one attached hydrogen (secondary N) is 6. The average molecular weight is 1990 g/mol. The molecular formula is C90H102F4N18O26S2. The van der Waals surface area contributed by atoms with Crippen molar-refractivity contribution in [3.63, 3.8) is 0 Å². The summed E-state index contributed by atoms with van der Waals surface area (Å²) in [6.07, 6.45) is -0.00527. The third kappa shape index (κ3) is 28.5. The highest BCUT2D eigenvalue weighted by molar-refractivity contribution is 8.00. The van der Waals surface area contributed by atoms with Crippen LogP contribution in [0.2, 0.25) is 0 Å². The lowest BCUT2D eigenvalue weighted by Crippen LogP contribution is -2.48. The minimum atomic E-state index is -1.49. The van der Waals surface area contributed by atoms with Crippen LogP contribution in [0.1, 0.15) is 187 Å². The molecule has 748 valence electrons. The van der Waals surface area contributed by atoms with Crippen molar-refractivity contribution < 1.29 is 106 Å². The SMILES string of the molecule is Cc1cn([C@H]2C[C@H](O)[C@@H](CO)O2)c(=O)n(CCS(=O)CCNC(=O)c2ccc(F)c(C#N)c2)c1=O.Cc1cn([C@H]2C[C@H](O)[C@@H](CO)O2)c(=O)n(NC(=O)CCCCNC(=O)c2ccc(F)c(C#N)c2)c1=O.Cc1cn([C@H]2C[C@H](O)[C@@H](CO)O2)c(=O)n(NC(=O)CCNC(=O)c2ccc(F)c(C#N)c2)c1=O.Cc1cn([C@H]2C[C@H](O)[C@@H](CO)S2)c(=O)n(CCCCCCNC(=O)c2ccc(F)c(C#N)c2)c1=O. The first-order valence-corrected chi connectivity index (χ1v) is 46.2. The number of aliphatic hydroxyl groups is 8. The Balaban J connectivity index is 0.000000209. The predicted octanol–water partition coefficient (Wildman–Crippen LogP) is -0.674. The van der Waals surface area contributed by atoms with Gasteiger partial charge in [-0.2, -0.15) is 30.4 Å². The topological polar surface area (TPSA) is 652 Å². The molecule has 13 atom stereocenters. The smallest absolute Gasteiger partial charge is 0.352 e. The predicted molar refractivity (Wildman–Crippen MR) is 489 cm³/mol. The zero-order chi connectivity index (χ0) is 103. The van der Waals surface area contributed by atoms with Crippen LogP contribution in [0.5, 0.6) is 0 Å². The Morgan fingerprint density at radius 2 is 0.743 bits per heavy atom. The van der Waals surface area contributed by atoms with E-state index in [4.69, 9.17) is 35.3 Å². The lowest BCUT2D eigenvalue weighted by molar-refractivity contribution is -0.118. The van der Waals surface area contributed by atoms with Gasteiger partial charge in [-0.15, -0.1) is 11.8 Å². The van der Waals surface area contributed by atoms with E-state index < -0.39 is 184 Å². The molecule has 4 fully saturated rings. The highest BCUT2D eigenvalue weighted by Gasteiger charge is 2.40. The lowest BCUT2D eigenvalue weighted by atomic mass is 10.1. The summed E-state index contributed by atoms with van der Waals surface area (Å²) in [5.74, 6) is -6.32. The van der Waals surface area contributed by atoms with Gasteiger partial charge < -0.3 is 76.3 Å². The fraction of sp³-hybridized carbons (Fsp3) is 0.444. The van der Waals surface area contributed by atoms with Gasteiger partial charge in [0.15, 0.2) is 0 Å². The van der Waals surface area contributed by atoms with Crippen LogP contribution in [0.15, 0.2) is 136 Å². The monoisotopic (exact) mass is 1990 g/mol. The number of unbranched alkanes of at least 4 members (excludes halogenated alkanes) is 4. The lowest BCUT2D eigenvalue weighted by Gasteiger charge is -2.17. The number of carbonyl (C=O) groups is 6. The molecule has 8 heterocycles. The van der Waals surface area contributed by atoms with Crippen LogP contribution < -0.4 is 77.1 Å². The zero-order valence-corrected chi connectivity index (χ0v) is 77.4. The van der Waals surface area contributed by atoms with Gasteiger partial charge in [0.2, 0.25) is 11.8 Å². The maximum Gasteiger partial charge on any atom is 0.352 e. The number of thioether (sulfide) groups is 1.